The molecule has 0 N–H and O–H groups in total. The van der Waals surface area contributed by atoms with E-state index in [-0.39, 0.29) is 12.8 Å². The van der Waals surface area contributed by atoms with Crippen LogP contribution in [0, 0.1) is 0 Å². The number of carbonyl (C=O) groups excluding carboxylic acids is 1. The number of benzene rings is 3. The monoisotopic (exact) mass is 507 g/mol. The van der Waals surface area contributed by atoms with Gasteiger partial charge >= 0.3 is 5.97 Å². The second kappa shape index (κ2) is 8.08. The maximum absolute atomic E-state index is 12.9. The number of esters is 1. The summed E-state index contributed by atoms with van der Waals surface area (Å²) in [4.78, 5) is 15.4. The molecular weight excluding hydrogens is 486 g/mol. The predicted molar refractivity (Wildman–Crippen MR) is 125 cm³/mol. The van der Waals surface area contributed by atoms with Crippen LogP contribution in [0.2, 0.25) is 0 Å². The number of fused-ring (bicyclic) bond motifs is 5. The minimum absolute atomic E-state index is 0.248. The molecule has 6 nitrogen and oxygen atoms in total. The van der Waals surface area contributed by atoms with E-state index >= 15 is 0 Å². The SMILES string of the molecule is COc1ccc2c(c1OC(=O)c1cccc(Br)c1)CN1CCc3cc4c(cc3C1C2)OCO4. The Morgan fingerprint density at radius 1 is 1.09 bits per heavy atom. The highest BCUT2D eigenvalue weighted by Crippen LogP contribution is 2.46. The zero-order valence-corrected chi connectivity index (χ0v) is 19.7. The van der Waals surface area contributed by atoms with E-state index in [1.54, 1.807) is 19.2 Å². The van der Waals surface area contributed by atoms with Crippen molar-refractivity contribution in [3.8, 4) is 23.0 Å². The van der Waals surface area contributed by atoms with Crippen LogP contribution in [0.15, 0.2) is 53.0 Å². The van der Waals surface area contributed by atoms with E-state index in [4.69, 9.17) is 18.9 Å². The molecule has 0 saturated heterocycles. The average Bonchev–Trinajstić information content (AvgIpc) is 3.29. The van der Waals surface area contributed by atoms with Crippen LogP contribution < -0.4 is 18.9 Å². The summed E-state index contributed by atoms with van der Waals surface area (Å²) >= 11 is 3.42. The van der Waals surface area contributed by atoms with Gasteiger partial charge in [0.2, 0.25) is 6.79 Å². The van der Waals surface area contributed by atoms with Crippen molar-refractivity contribution in [3.63, 3.8) is 0 Å². The highest BCUT2D eigenvalue weighted by Gasteiger charge is 2.36. The predicted octanol–water partition coefficient (Wildman–Crippen LogP) is 5.06. The van der Waals surface area contributed by atoms with Gasteiger partial charge in [-0.3, -0.25) is 4.90 Å². The van der Waals surface area contributed by atoms with E-state index in [1.165, 1.54) is 16.7 Å². The van der Waals surface area contributed by atoms with Gasteiger partial charge in [-0.15, -0.1) is 0 Å². The lowest BCUT2D eigenvalue weighted by molar-refractivity contribution is 0.0722. The first kappa shape index (κ1) is 20.6. The van der Waals surface area contributed by atoms with Crippen molar-refractivity contribution >= 4 is 21.9 Å². The van der Waals surface area contributed by atoms with Crippen molar-refractivity contribution in [3.05, 3.63) is 80.8 Å². The molecular formula is C26H22BrNO5. The first-order valence-corrected chi connectivity index (χ1v) is 11.7. The Hall–Kier alpha value is -3.03. The lowest BCUT2D eigenvalue weighted by Crippen LogP contribution is -2.39. The molecule has 3 aromatic rings. The number of carbonyl (C=O) groups is 1. The molecule has 6 rings (SSSR count). The van der Waals surface area contributed by atoms with E-state index in [9.17, 15) is 4.79 Å². The zero-order valence-electron chi connectivity index (χ0n) is 18.1. The van der Waals surface area contributed by atoms with Gasteiger partial charge in [0.25, 0.3) is 0 Å². The van der Waals surface area contributed by atoms with Crippen LogP contribution in [0.25, 0.3) is 0 Å². The third kappa shape index (κ3) is 3.56. The number of hydrogen-bond donors (Lipinski definition) is 0. The van der Waals surface area contributed by atoms with Crippen LogP contribution in [0.1, 0.15) is 38.7 Å². The molecule has 1 atom stereocenters. The summed E-state index contributed by atoms with van der Waals surface area (Å²) in [6.45, 7) is 1.89. The van der Waals surface area contributed by atoms with E-state index in [0.717, 1.165) is 40.9 Å². The van der Waals surface area contributed by atoms with Gasteiger partial charge in [0, 0.05) is 29.2 Å². The maximum Gasteiger partial charge on any atom is 0.343 e. The molecule has 33 heavy (non-hydrogen) atoms. The van der Waals surface area contributed by atoms with Crippen molar-refractivity contribution in [2.75, 3.05) is 20.4 Å². The fourth-order valence-corrected chi connectivity index (χ4v) is 5.43. The van der Waals surface area contributed by atoms with Crippen LogP contribution in [0.5, 0.6) is 23.0 Å². The van der Waals surface area contributed by atoms with Crippen LogP contribution >= 0.6 is 15.9 Å². The molecule has 3 aromatic carbocycles. The molecule has 3 heterocycles. The molecule has 3 aliphatic heterocycles. The number of halogens is 1. The first-order valence-electron chi connectivity index (χ1n) is 10.9. The number of hydrogen-bond acceptors (Lipinski definition) is 6. The average molecular weight is 508 g/mol. The fraction of sp³-hybridized carbons (Fsp3) is 0.269. The number of rotatable bonds is 3. The van der Waals surface area contributed by atoms with Crippen molar-refractivity contribution in [2.24, 2.45) is 0 Å². The van der Waals surface area contributed by atoms with Gasteiger partial charge in [-0.25, -0.2) is 4.79 Å². The zero-order chi connectivity index (χ0) is 22.5. The second-order valence-electron chi connectivity index (χ2n) is 8.48. The van der Waals surface area contributed by atoms with Crippen molar-refractivity contribution in [1.82, 2.24) is 4.90 Å². The smallest absolute Gasteiger partial charge is 0.343 e. The van der Waals surface area contributed by atoms with Gasteiger partial charge in [-0.1, -0.05) is 28.1 Å². The molecule has 3 aliphatic rings. The Morgan fingerprint density at radius 3 is 2.76 bits per heavy atom. The van der Waals surface area contributed by atoms with Crippen LogP contribution in [-0.2, 0) is 19.4 Å². The topological polar surface area (TPSA) is 57.2 Å². The Morgan fingerprint density at radius 2 is 1.94 bits per heavy atom. The molecule has 0 aromatic heterocycles. The maximum atomic E-state index is 12.9. The fourth-order valence-electron chi connectivity index (χ4n) is 5.03. The van der Waals surface area contributed by atoms with Gasteiger partial charge in [-0.05, 0) is 65.9 Å². The van der Waals surface area contributed by atoms with Gasteiger partial charge in [0.15, 0.2) is 23.0 Å². The standard InChI is InChI=1S/C26H22BrNO5/c1-30-22-6-5-15-10-21-19-12-24-23(31-14-32-24)11-16(19)7-8-28(21)13-20(15)25(22)33-26(29)17-3-2-4-18(27)9-17/h2-6,9,11-12,21H,7-8,10,13-14H2,1H3. The van der Waals surface area contributed by atoms with Crippen LogP contribution in [-0.4, -0.2) is 31.3 Å². The molecule has 0 bridgehead atoms. The Bertz CT molecular complexity index is 1270. The third-order valence-electron chi connectivity index (χ3n) is 6.67. The van der Waals surface area contributed by atoms with Crippen molar-refractivity contribution in [1.29, 1.82) is 0 Å². The summed E-state index contributed by atoms with van der Waals surface area (Å²) in [6, 6.07) is 15.7. The lowest BCUT2D eigenvalue weighted by atomic mass is 9.83. The summed E-state index contributed by atoms with van der Waals surface area (Å²) in [5.74, 6) is 2.33. The third-order valence-corrected chi connectivity index (χ3v) is 7.17. The molecule has 0 amide bonds. The van der Waals surface area contributed by atoms with E-state index < -0.39 is 5.97 Å². The summed E-state index contributed by atoms with van der Waals surface area (Å²) in [6.07, 6.45) is 1.77. The Labute approximate surface area is 200 Å². The molecule has 0 saturated carbocycles. The number of nitrogens with zero attached hydrogens (tertiary/aromatic N) is 1. The summed E-state index contributed by atoms with van der Waals surface area (Å²) < 4.78 is 23.6. The van der Waals surface area contributed by atoms with Crippen molar-refractivity contribution in [2.45, 2.75) is 25.4 Å². The van der Waals surface area contributed by atoms with E-state index in [0.29, 0.717) is 23.6 Å². The Balaban J connectivity index is 1.36. The molecule has 7 heteroatoms. The second-order valence-corrected chi connectivity index (χ2v) is 9.39. The van der Waals surface area contributed by atoms with Crippen LogP contribution in [0.4, 0.5) is 0 Å². The summed E-state index contributed by atoms with van der Waals surface area (Å²) in [5.41, 5.74) is 5.27. The number of ether oxygens (including phenoxy) is 4. The molecule has 168 valence electrons. The van der Waals surface area contributed by atoms with Gasteiger partial charge in [0.05, 0.1) is 12.7 Å². The molecule has 0 spiro atoms. The first-order chi connectivity index (χ1) is 16.1. The normalized spacial score (nSPS) is 18.2. The minimum Gasteiger partial charge on any atom is -0.493 e. The minimum atomic E-state index is -0.401. The highest BCUT2D eigenvalue weighted by atomic mass is 79.9. The van der Waals surface area contributed by atoms with Gasteiger partial charge in [0.1, 0.15) is 0 Å². The molecule has 0 aliphatic carbocycles. The van der Waals surface area contributed by atoms with Gasteiger partial charge in [-0.2, -0.15) is 0 Å². The van der Waals surface area contributed by atoms with E-state index in [1.807, 2.05) is 18.2 Å². The Kier molecular flexibility index (Phi) is 5.03. The quantitative estimate of drug-likeness (QED) is 0.364. The lowest BCUT2D eigenvalue weighted by Gasteiger charge is -2.42. The molecule has 1 unspecified atom stereocenters. The molecule has 0 fully saturated rings. The largest absolute Gasteiger partial charge is 0.493 e. The molecule has 0 radical (unpaired) electrons. The van der Waals surface area contributed by atoms with Crippen LogP contribution in [0.3, 0.4) is 0 Å². The highest BCUT2D eigenvalue weighted by molar-refractivity contribution is 9.10. The number of methoxy groups -OCH3 is 1. The van der Waals surface area contributed by atoms with Crippen molar-refractivity contribution < 1.29 is 23.7 Å². The summed E-state index contributed by atoms with van der Waals surface area (Å²) in [5, 5.41) is 0. The van der Waals surface area contributed by atoms with E-state index in [2.05, 4.69) is 39.0 Å². The van der Waals surface area contributed by atoms with Gasteiger partial charge < -0.3 is 18.9 Å². The summed E-state index contributed by atoms with van der Waals surface area (Å²) in [7, 11) is 1.60.